The quantitative estimate of drug-likeness (QED) is 0.847. The maximum absolute atomic E-state index is 12.1. The molecule has 0 aliphatic rings. The van der Waals surface area contributed by atoms with Crippen LogP contribution in [0.2, 0.25) is 0 Å². The summed E-state index contributed by atoms with van der Waals surface area (Å²) in [6.07, 6.45) is 0.383. The Morgan fingerprint density at radius 3 is 2.33 bits per heavy atom. The molecule has 2 aromatic carbocycles. The zero-order chi connectivity index (χ0) is 17.5. The zero-order valence-corrected chi connectivity index (χ0v) is 14.8. The molecule has 0 fully saturated rings. The molecule has 1 N–H and O–H groups in total. The first-order valence-electron chi connectivity index (χ1n) is 8.10. The van der Waals surface area contributed by atoms with Crippen molar-refractivity contribution in [1.29, 1.82) is 0 Å². The lowest BCUT2D eigenvalue weighted by Crippen LogP contribution is -2.37. The van der Waals surface area contributed by atoms with Crippen molar-refractivity contribution in [3.05, 3.63) is 59.2 Å². The van der Waals surface area contributed by atoms with Crippen LogP contribution in [0.25, 0.3) is 0 Å². The molecule has 0 spiro atoms. The number of amides is 1. The Labute approximate surface area is 143 Å². The van der Waals surface area contributed by atoms with Crippen molar-refractivity contribution in [2.45, 2.75) is 33.2 Å². The van der Waals surface area contributed by atoms with Crippen LogP contribution in [0.15, 0.2) is 42.5 Å². The number of hydrogen-bond donors (Lipinski definition) is 1. The minimum atomic E-state index is -0.0638. The molecule has 2 rings (SSSR count). The smallest absolute Gasteiger partial charge is 0.224 e. The minimum absolute atomic E-state index is 0.00378. The van der Waals surface area contributed by atoms with Crippen molar-refractivity contribution in [2.24, 2.45) is 0 Å². The number of aryl methyl sites for hydroxylation is 2. The molecule has 0 aliphatic carbocycles. The number of benzene rings is 2. The monoisotopic (exact) mass is 327 g/mol. The van der Waals surface area contributed by atoms with E-state index in [1.807, 2.05) is 43.3 Å². The van der Waals surface area contributed by atoms with Gasteiger partial charge in [-0.25, -0.2) is 0 Å². The predicted octanol–water partition coefficient (Wildman–Crippen LogP) is 3.44. The van der Waals surface area contributed by atoms with Gasteiger partial charge in [0.15, 0.2) is 0 Å². The van der Waals surface area contributed by atoms with Crippen molar-refractivity contribution in [3.63, 3.8) is 0 Å². The molecule has 128 valence electrons. The largest absolute Gasteiger partial charge is 0.497 e. The molecule has 0 aliphatic heterocycles. The second-order valence-corrected chi connectivity index (χ2v) is 6.05. The Hall–Kier alpha value is -2.49. The first-order chi connectivity index (χ1) is 11.5. The Bertz CT molecular complexity index is 680. The zero-order valence-electron chi connectivity index (χ0n) is 14.8. The van der Waals surface area contributed by atoms with Crippen LogP contribution in [0, 0.1) is 13.8 Å². The highest BCUT2D eigenvalue weighted by Crippen LogP contribution is 2.17. The topological polar surface area (TPSA) is 47.6 Å². The van der Waals surface area contributed by atoms with E-state index in [1.165, 1.54) is 11.1 Å². The Morgan fingerprint density at radius 2 is 1.71 bits per heavy atom. The maximum atomic E-state index is 12.1. The van der Waals surface area contributed by atoms with Gasteiger partial charge < -0.3 is 14.8 Å². The molecule has 4 heteroatoms. The van der Waals surface area contributed by atoms with Gasteiger partial charge in [-0.15, -0.1) is 0 Å². The van der Waals surface area contributed by atoms with Gasteiger partial charge in [-0.1, -0.05) is 18.2 Å². The van der Waals surface area contributed by atoms with Crippen molar-refractivity contribution in [1.82, 2.24) is 5.32 Å². The normalized spacial score (nSPS) is 11.7. The fraction of sp³-hybridized carbons (Fsp3) is 0.350. The number of methoxy groups -OCH3 is 1. The van der Waals surface area contributed by atoms with Gasteiger partial charge in [0.1, 0.15) is 18.1 Å². The van der Waals surface area contributed by atoms with E-state index in [9.17, 15) is 4.79 Å². The second kappa shape index (κ2) is 8.39. The third-order valence-corrected chi connectivity index (χ3v) is 3.90. The Kier molecular flexibility index (Phi) is 6.24. The summed E-state index contributed by atoms with van der Waals surface area (Å²) in [6, 6.07) is 13.4. The fourth-order valence-electron chi connectivity index (χ4n) is 2.36. The summed E-state index contributed by atoms with van der Waals surface area (Å²) in [5.41, 5.74) is 3.47. The van der Waals surface area contributed by atoms with Crippen LogP contribution in [0.4, 0.5) is 0 Å². The summed E-state index contributed by atoms with van der Waals surface area (Å²) in [4.78, 5) is 12.1. The fourth-order valence-corrected chi connectivity index (χ4v) is 2.36. The average molecular weight is 327 g/mol. The lowest BCUT2D eigenvalue weighted by atomic mass is 10.0. The molecule has 4 nitrogen and oxygen atoms in total. The molecular formula is C20H25NO3. The van der Waals surface area contributed by atoms with Gasteiger partial charge >= 0.3 is 0 Å². The van der Waals surface area contributed by atoms with E-state index in [0.29, 0.717) is 13.0 Å². The van der Waals surface area contributed by atoms with Crippen molar-refractivity contribution in [2.75, 3.05) is 13.7 Å². The number of carbonyl (C=O) groups excluding carboxylic acids is 1. The van der Waals surface area contributed by atoms with Crippen LogP contribution in [0.1, 0.15) is 23.6 Å². The van der Waals surface area contributed by atoms with E-state index < -0.39 is 0 Å². The molecule has 2 aromatic rings. The van der Waals surface area contributed by atoms with Crippen molar-refractivity contribution >= 4 is 5.91 Å². The third kappa shape index (κ3) is 5.30. The second-order valence-electron chi connectivity index (χ2n) is 6.05. The summed E-state index contributed by atoms with van der Waals surface area (Å²) in [6.45, 7) is 6.48. The third-order valence-electron chi connectivity index (χ3n) is 3.90. The van der Waals surface area contributed by atoms with Gasteiger partial charge in [0.05, 0.1) is 19.6 Å². The van der Waals surface area contributed by atoms with Gasteiger partial charge in [-0.05, 0) is 61.7 Å². The molecule has 0 bridgehead atoms. The number of nitrogens with one attached hydrogen (secondary N) is 1. The Balaban J connectivity index is 1.79. The van der Waals surface area contributed by atoms with Crippen LogP contribution < -0.4 is 14.8 Å². The molecule has 1 atom stereocenters. The van der Waals surface area contributed by atoms with E-state index in [2.05, 4.69) is 25.2 Å². The van der Waals surface area contributed by atoms with Gasteiger partial charge in [0.2, 0.25) is 5.91 Å². The summed E-state index contributed by atoms with van der Waals surface area (Å²) in [5, 5.41) is 2.97. The maximum Gasteiger partial charge on any atom is 0.224 e. The number of hydrogen-bond acceptors (Lipinski definition) is 3. The highest BCUT2D eigenvalue weighted by Gasteiger charge is 2.09. The van der Waals surface area contributed by atoms with Gasteiger partial charge in [-0.3, -0.25) is 4.79 Å². The standard InChI is InChI=1S/C20H25NO3/c1-14-5-6-17(11-15(14)2)12-20(22)21-16(3)13-24-19-9-7-18(23-4)8-10-19/h5-11,16H,12-13H2,1-4H3,(H,21,22)/t16-/m1/s1. The van der Waals surface area contributed by atoms with Crippen LogP contribution in [-0.4, -0.2) is 25.7 Å². The van der Waals surface area contributed by atoms with E-state index in [1.54, 1.807) is 7.11 Å². The summed E-state index contributed by atoms with van der Waals surface area (Å²) < 4.78 is 10.8. The lowest BCUT2D eigenvalue weighted by Gasteiger charge is -2.15. The molecule has 24 heavy (non-hydrogen) atoms. The van der Waals surface area contributed by atoms with Crippen LogP contribution in [-0.2, 0) is 11.2 Å². The molecule has 0 saturated carbocycles. The van der Waals surface area contributed by atoms with Crippen LogP contribution >= 0.6 is 0 Å². The summed E-state index contributed by atoms with van der Waals surface area (Å²) in [7, 11) is 1.63. The minimum Gasteiger partial charge on any atom is -0.497 e. The molecule has 0 unspecified atom stereocenters. The summed E-state index contributed by atoms with van der Waals surface area (Å²) >= 11 is 0. The van der Waals surface area contributed by atoms with Crippen LogP contribution in [0.5, 0.6) is 11.5 Å². The Morgan fingerprint density at radius 1 is 1.04 bits per heavy atom. The molecule has 0 aromatic heterocycles. The first kappa shape index (κ1) is 17.9. The van der Waals surface area contributed by atoms with Gasteiger partial charge in [0, 0.05) is 0 Å². The average Bonchev–Trinajstić information content (AvgIpc) is 2.56. The van der Waals surface area contributed by atoms with E-state index in [-0.39, 0.29) is 11.9 Å². The van der Waals surface area contributed by atoms with E-state index in [4.69, 9.17) is 9.47 Å². The van der Waals surface area contributed by atoms with Crippen molar-refractivity contribution in [3.8, 4) is 11.5 Å². The highest BCUT2D eigenvalue weighted by atomic mass is 16.5. The van der Waals surface area contributed by atoms with E-state index in [0.717, 1.165) is 17.1 Å². The van der Waals surface area contributed by atoms with Crippen LogP contribution in [0.3, 0.4) is 0 Å². The van der Waals surface area contributed by atoms with Crippen molar-refractivity contribution < 1.29 is 14.3 Å². The number of carbonyl (C=O) groups is 1. The molecule has 1 amide bonds. The molecule has 0 heterocycles. The number of ether oxygens (including phenoxy) is 2. The molecular weight excluding hydrogens is 302 g/mol. The molecule has 0 radical (unpaired) electrons. The highest BCUT2D eigenvalue weighted by molar-refractivity contribution is 5.78. The van der Waals surface area contributed by atoms with Gasteiger partial charge in [-0.2, -0.15) is 0 Å². The van der Waals surface area contributed by atoms with Gasteiger partial charge in [0.25, 0.3) is 0 Å². The first-order valence-corrected chi connectivity index (χ1v) is 8.10. The SMILES string of the molecule is COc1ccc(OC[C@@H](C)NC(=O)Cc2ccc(C)c(C)c2)cc1. The number of rotatable bonds is 7. The lowest BCUT2D eigenvalue weighted by molar-refractivity contribution is -0.121. The predicted molar refractivity (Wildman–Crippen MR) is 95.7 cm³/mol. The van der Waals surface area contributed by atoms with E-state index >= 15 is 0 Å². The molecule has 0 saturated heterocycles. The summed E-state index contributed by atoms with van der Waals surface area (Å²) in [5.74, 6) is 1.55.